The highest BCUT2D eigenvalue weighted by Crippen LogP contribution is 2.17. The molecule has 0 aromatic carbocycles. The minimum Gasteiger partial charge on any atom is -0.345 e. The first-order valence-corrected chi connectivity index (χ1v) is 3.53. The average Bonchev–Trinajstić information content (AvgIpc) is 2.37. The number of alkyl halides is 3. The summed E-state index contributed by atoms with van der Waals surface area (Å²) in [5.41, 5.74) is 0. The van der Waals surface area contributed by atoms with Crippen LogP contribution in [0.15, 0.2) is 12.2 Å². The van der Waals surface area contributed by atoms with Crippen molar-refractivity contribution >= 4 is 5.91 Å². The lowest BCUT2D eigenvalue weighted by Crippen LogP contribution is -2.42. The third-order valence-electron chi connectivity index (χ3n) is 1.60. The fraction of sp³-hybridized carbons (Fsp3) is 0.571. The summed E-state index contributed by atoms with van der Waals surface area (Å²) in [6.07, 6.45) is -0.283. The molecule has 1 rings (SSSR count). The Kier molecular flexibility index (Phi) is 2.40. The van der Waals surface area contributed by atoms with Gasteiger partial charge in [0.2, 0.25) is 0 Å². The van der Waals surface area contributed by atoms with Crippen LogP contribution >= 0.6 is 0 Å². The molecule has 0 saturated heterocycles. The maximum atomic E-state index is 11.7. The maximum absolute atomic E-state index is 11.7. The Labute approximate surface area is 67.4 Å². The van der Waals surface area contributed by atoms with Crippen molar-refractivity contribution in [2.24, 2.45) is 0 Å². The van der Waals surface area contributed by atoms with Gasteiger partial charge < -0.3 is 5.32 Å². The highest BCUT2D eigenvalue weighted by Gasteiger charge is 2.39. The van der Waals surface area contributed by atoms with Gasteiger partial charge in [0.15, 0.2) is 0 Å². The van der Waals surface area contributed by atoms with Crippen LogP contribution in [0, 0.1) is 0 Å². The number of amides is 1. The molecule has 1 aliphatic rings. The molecule has 0 aromatic heterocycles. The van der Waals surface area contributed by atoms with Crippen LogP contribution in [0.3, 0.4) is 0 Å². The molecule has 0 fully saturated rings. The number of rotatable bonds is 1. The van der Waals surface area contributed by atoms with Crippen LogP contribution in [0.5, 0.6) is 0 Å². The van der Waals surface area contributed by atoms with Crippen LogP contribution in [-0.4, -0.2) is 18.1 Å². The lowest BCUT2D eigenvalue weighted by atomic mass is 10.2. The molecule has 0 saturated carbocycles. The van der Waals surface area contributed by atoms with Crippen LogP contribution in [0.1, 0.15) is 12.8 Å². The zero-order valence-electron chi connectivity index (χ0n) is 6.19. The van der Waals surface area contributed by atoms with Gasteiger partial charge in [0, 0.05) is 6.04 Å². The third-order valence-corrected chi connectivity index (χ3v) is 1.60. The second-order valence-electron chi connectivity index (χ2n) is 2.61. The Bertz CT molecular complexity index is 201. The van der Waals surface area contributed by atoms with Crippen LogP contribution in [0.2, 0.25) is 0 Å². The second kappa shape index (κ2) is 3.16. The number of halogens is 3. The second-order valence-corrected chi connectivity index (χ2v) is 2.61. The molecule has 1 amide bonds. The monoisotopic (exact) mass is 179 g/mol. The first-order valence-electron chi connectivity index (χ1n) is 3.53. The van der Waals surface area contributed by atoms with Gasteiger partial charge in [0.1, 0.15) is 0 Å². The van der Waals surface area contributed by atoms with Gasteiger partial charge in [-0.25, -0.2) is 0 Å². The fourth-order valence-corrected chi connectivity index (χ4v) is 1.00. The molecular weight excluding hydrogens is 171 g/mol. The first kappa shape index (κ1) is 9.09. The lowest BCUT2D eigenvalue weighted by Gasteiger charge is -2.13. The Morgan fingerprint density at radius 1 is 1.33 bits per heavy atom. The molecule has 0 heterocycles. The van der Waals surface area contributed by atoms with Gasteiger partial charge in [-0.15, -0.1) is 0 Å². The molecule has 0 spiro atoms. The molecule has 5 heteroatoms. The standard InChI is InChI=1S/C7H8F3NO/c8-7(9,10)6(12)11-5-3-1-2-4-5/h1-2,5H,3-4H2,(H,11,12). The van der Waals surface area contributed by atoms with Crippen molar-refractivity contribution in [3.63, 3.8) is 0 Å². The highest BCUT2D eigenvalue weighted by atomic mass is 19.4. The Morgan fingerprint density at radius 3 is 2.25 bits per heavy atom. The van der Waals surface area contributed by atoms with Crippen molar-refractivity contribution in [3.8, 4) is 0 Å². The Morgan fingerprint density at radius 2 is 1.83 bits per heavy atom. The quantitative estimate of drug-likeness (QED) is 0.605. The van der Waals surface area contributed by atoms with E-state index in [1.807, 2.05) is 5.32 Å². The zero-order valence-corrected chi connectivity index (χ0v) is 6.19. The van der Waals surface area contributed by atoms with Gasteiger partial charge in [0.25, 0.3) is 0 Å². The summed E-state index contributed by atoms with van der Waals surface area (Å²) in [6, 6.07) is -0.376. The number of carbonyl (C=O) groups is 1. The van der Waals surface area contributed by atoms with Crippen LogP contribution in [0.4, 0.5) is 13.2 Å². The van der Waals surface area contributed by atoms with E-state index in [9.17, 15) is 18.0 Å². The van der Waals surface area contributed by atoms with Crippen molar-refractivity contribution in [1.82, 2.24) is 5.32 Å². The smallest absolute Gasteiger partial charge is 0.345 e. The van der Waals surface area contributed by atoms with E-state index in [0.717, 1.165) is 0 Å². The van der Waals surface area contributed by atoms with E-state index >= 15 is 0 Å². The molecule has 1 aliphatic carbocycles. The van der Waals surface area contributed by atoms with Crippen molar-refractivity contribution in [2.75, 3.05) is 0 Å². The molecule has 2 nitrogen and oxygen atoms in total. The van der Waals surface area contributed by atoms with Crippen LogP contribution in [0.25, 0.3) is 0 Å². The van der Waals surface area contributed by atoms with Gasteiger partial charge in [0.05, 0.1) is 0 Å². The minimum atomic E-state index is -4.76. The number of hydrogen-bond acceptors (Lipinski definition) is 1. The van der Waals surface area contributed by atoms with Crippen LogP contribution < -0.4 is 5.32 Å². The predicted molar refractivity (Wildman–Crippen MR) is 36.4 cm³/mol. The number of carbonyl (C=O) groups excluding carboxylic acids is 1. The normalized spacial score (nSPS) is 18.2. The molecule has 0 unspecified atom stereocenters. The fourth-order valence-electron chi connectivity index (χ4n) is 1.00. The zero-order chi connectivity index (χ0) is 9.19. The van der Waals surface area contributed by atoms with Crippen molar-refractivity contribution in [3.05, 3.63) is 12.2 Å². The summed E-state index contributed by atoms with van der Waals surface area (Å²) in [5, 5.41) is 1.89. The lowest BCUT2D eigenvalue weighted by molar-refractivity contribution is -0.174. The van der Waals surface area contributed by atoms with E-state index in [4.69, 9.17) is 0 Å². The van der Waals surface area contributed by atoms with Gasteiger partial charge in [-0.05, 0) is 12.8 Å². The van der Waals surface area contributed by atoms with Gasteiger partial charge in [-0.2, -0.15) is 13.2 Å². The van der Waals surface area contributed by atoms with Crippen molar-refractivity contribution in [1.29, 1.82) is 0 Å². The first-order chi connectivity index (χ1) is 5.50. The molecule has 12 heavy (non-hydrogen) atoms. The molecule has 0 aliphatic heterocycles. The van der Waals surface area contributed by atoms with E-state index in [1.54, 1.807) is 12.2 Å². The highest BCUT2D eigenvalue weighted by molar-refractivity contribution is 5.82. The number of nitrogens with one attached hydrogen (secondary N) is 1. The minimum absolute atomic E-state index is 0.376. The average molecular weight is 179 g/mol. The van der Waals surface area contributed by atoms with E-state index in [2.05, 4.69) is 0 Å². The van der Waals surface area contributed by atoms with Crippen LogP contribution in [-0.2, 0) is 4.79 Å². The molecule has 0 radical (unpaired) electrons. The molecular formula is C7H8F3NO. The summed E-state index contributed by atoms with van der Waals surface area (Å²) < 4.78 is 35.0. The maximum Gasteiger partial charge on any atom is 0.471 e. The molecule has 1 N–H and O–H groups in total. The SMILES string of the molecule is O=C(NC1CC=CC1)C(F)(F)F. The number of hydrogen-bond donors (Lipinski definition) is 1. The Balaban J connectivity index is 2.36. The molecule has 0 atom stereocenters. The van der Waals surface area contributed by atoms with E-state index in [0.29, 0.717) is 12.8 Å². The summed E-state index contributed by atoms with van der Waals surface area (Å²) in [4.78, 5) is 10.4. The van der Waals surface area contributed by atoms with Gasteiger partial charge in [-0.1, -0.05) is 12.2 Å². The molecule has 0 bridgehead atoms. The van der Waals surface area contributed by atoms with E-state index in [1.165, 1.54) is 0 Å². The third kappa shape index (κ3) is 2.25. The van der Waals surface area contributed by atoms with E-state index in [-0.39, 0.29) is 6.04 Å². The topological polar surface area (TPSA) is 29.1 Å². The predicted octanol–water partition coefficient (Wildman–Crippen LogP) is 1.38. The van der Waals surface area contributed by atoms with E-state index < -0.39 is 12.1 Å². The largest absolute Gasteiger partial charge is 0.471 e. The summed E-state index contributed by atoms with van der Waals surface area (Å²) in [7, 11) is 0. The summed E-state index contributed by atoms with van der Waals surface area (Å²) >= 11 is 0. The summed E-state index contributed by atoms with van der Waals surface area (Å²) in [6.45, 7) is 0. The molecule has 0 aromatic rings. The van der Waals surface area contributed by atoms with Gasteiger partial charge >= 0.3 is 12.1 Å². The van der Waals surface area contributed by atoms with Gasteiger partial charge in [-0.3, -0.25) is 4.79 Å². The summed E-state index contributed by atoms with van der Waals surface area (Å²) in [5.74, 6) is -1.85. The van der Waals surface area contributed by atoms with Crippen molar-refractivity contribution < 1.29 is 18.0 Å². The Hall–Kier alpha value is -1.00. The van der Waals surface area contributed by atoms with Crippen molar-refractivity contribution in [2.45, 2.75) is 25.1 Å². The molecule has 68 valence electrons.